The smallest absolute Gasteiger partial charge is 0.261 e. The summed E-state index contributed by atoms with van der Waals surface area (Å²) < 4.78 is 22.7. The minimum absolute atomic E-state index is 0.0899. The molecule has 1 aliphatic rings. The van der Waals surface area contributed by atoms with Crippen molar-refractivity contribution in [1.29, 1.82) is 0 Å². The number of pyridine rings is 1. The number of nitrogens with zero attached hydrogens (tertiary/aromatic N) is 5. The molecule has 0 spiro atoms. The van der Waals surface area contributed by atoms with Gasteiger partial charge in [-0.05, 0) is 43.4 Å². The van der Waals surface area contributed by atoms with Crippen molar-refractivity contribution in [2.24, 2.45) is 7.05 Å². The van der Waals surface area contributed by atoms with Crippen molar-refractivity contribution in [3.05, 3.63) is 64.3 Å². The van der Waals surface area contributed by atoms with Gasteiger partial charge in [0.15, 0.2) is 5.82 Å². The highest BCUT2D eigenvalue weighted by molar-refractivity contribution is 5.96. The molecule has 1 aliphatic heterocycles. The van der Waals surface area contributed by atoms with Crippen LogP contribution in [-0.4, -0.2) is 47.9 Å². The fourth-order valence-electron chi connectivity index (χ4n) is 4.87. The Kier molecular flexibility index (Phi) is 5.48. The maximum absolute atomic E-state index is 15.6. The summed E-state index contributed by atoms with van der Waals surface area (Å²) in [6, 6.07) is 4.99. The van der Waals surface area contributed by atoms with E-state index in [1.807, 2.05) is 6.92 Å². The molecule has 4 aromatic heterocycles. The lowest BCUT2D eigenvalue weighted by Gasteiger charge is -2.22. The average Bonchev–Trinajstić information content (AvgIpc) is 3.48. The lowest BCUT2D eigenvalue weighted by Crippen LogP contribution is -2.17. The number of halogens is 1. The van der Waals surface area contributed by atoms with Crippen molar-refractivity contribution in [2.45, 2.75) is 31.7 Å². The van der Waals surface area contributed by atoms with Crippen molar-refractivity contribution < 1.29 is 9.13 Å². The normalized spacial score (nSPS) is 15.5. The Labute approximate surface area is 205 Å². The molecular weight excluding hydrogens is 463 g/mol. The fourth-order valence-corrected chi connectivity index (χ4v) is 4.87. The van der Waals surface area contributed by atoms with Crippen LogP contribution in [-0.2, 0) is 11.8 Å². The second-order valence-corrected chi connectivity index (χ2v) is 9.08. The van der Waals surface area contributed by atoms with Gasteiger partial charge in [0.25, 0.3) is 5.56 Å². The highest BCUT2D eigenvalue weighted by atomic mass is 19.1. The maximum atomic E-state index is 15.6. The Hall–Kier alpha value is -4.12. The molecule has 5 aromatic rings. The minimum Gasteiger partial charge on any atom is -0.381 e. The Morgan fingerprint density at radius 3 is 2.75 bits per heavy atom. The first-order valence-corrected chi connectivity index (χ1v) is 11.9. The van der Waals surface area contributed by atoms with Gasteiger partial charge in [-0.2, -0.15) is 5.10 Å². The highest BCUT2D eigenvalue weighted by Crippen LogP contribution is 2.35. The zero-order valence-corrected chi connectivity index (χ0v) is 19.9. The summed E-state index contributed by atoms with van der Waals surface area (Å²) in [5.41, 5.74) is 2.83. The largest absolute Gasteiger partial charge is 0.381 e. The molecule has 1 fully saturated rings. The lowest BCUT2D eigenvalue weighted by molar-refractivity contribution is 0.0847. The van der Waals surface area contributed by atoms with Crippen LogP contribution in [0.15, 0.2) is 41.6 Å². The zero-order chi connectivity index (χ0) is 24.8. The van der Waals surface area contributed by atoms with E-state index in [1.54, 1.807) is 48.5 Å². The third-order valence-electron chi connectivity index (χ3n) is 6.65. The Morgan fingerprint density at radius 2 is 1.97 bits per heavy atom. The Balaban J connectivity index is 1.50. The van der Waals surface area contributed by atoms with Gasteiger partial charge in [0.05, 0.1) is 22.8 Å². The quantitative estimate of drug-likeness (QED) is 0.343. The molecular formula is C25H25FN8O2. The van der Waals surface area contributed by atoms with Crippen LogP contribution in [0.5, 0.6) is 0 Å². The summed E-state index contributed by atoms with van der Waals surface area (Å²) in [5.74, 6) is 0.566. The second-order valence-electron chi connectivity index (χ2n) is 9.08. The van der Waals surface area contributed by atoms with E-state index in [9.17, 15) is 4.79 Å². The summed E-state index contributed by atoms with van der Waals surface area (Å²) in [4.78, 5) is 32.5. The number of anilines is 1. The van der Waals surface area contributed by atoms with E-state index in [4.69, 9.17) is 4.74 Å². The van der Waals surface area contributed by atoms with Crippen LogP contribution < -0.4 is 10.9 Å². The minimum atomic E-state index is -0.372. The first-order chi connectivity index (χ1) is 17.5. The predicted molar refractivity (Wildman–Crippen MR) is 133 cm³/mol. The van der Waals surface area contributed by atoms with E-state index < -0.39 is 0 Å². The van der Waals surface area contributed by atoms with Gasteiger partial charge in [-0.3, -0.25) is 9.48 Å². The van der Waals surface area contributed by atoms with E-state index in [0.717, 1.165) is 12.8 Å². The molecule has 1 atom stereocenters. The van der Waals surface area contributed by atoms with E-state index in [0.29, 0.717) is 46.8 Å². The van der Waals surface area contributed by atoms with Crippen molar-refractivity contribution in [2.75, 3.05) is 18.5 Å². The van der Waals surface area contributed by atoms with Gasteiger partial charge >= 0.3 is 0 Å². The van der Waals surface area contributed by atoms with Gasteiger partial charge < -0.3 is 20.0 Å². The fraction of sp³-hybridized carbons (Fsp3) is 0.320. The third kappa shape index (κ3) is 3.81. The number of hydrogen-bond donors (Lipinski definition) is 3. The van der Waals surface area contributed by atoms with E-state index in [1.165, 1.54) is 0 Å². The maximum Gasteiger partial charge on any atom is 0.261 e. The zero-order valence-electron chi connectivity index (χ0n) is 19.9. The van der Waals surface area contributed by atoms with Gasteiger partial charge in [-0.25, -0.2) is 19.3 Å². The highest BCUT2D eigenvalue weighted by Gasteiger charge is 2.25. The van der Waals surface area contributed by atoms with Crippen molar-refractivity contribution >= 4 is 27.8 Å². The molecule has 0 aliphatic carbocycles. The summed E-state index contributed by atoms with van der Waals surface area (Å²) in [6.45, 7) is 3.13. The molecule has 3 N–H and O–H groups in total. The molecule has 0 amide bonds. The first-order valence-electron chi connectivity index (χ1n) is 11.9. The van der Waals surface area contributed by atoms with Crippen molar-refractivity contribution in [3.63, 3.8) is 0 Å². The monoisotopic (exact) mass is 488 g/mol. The van der Waals surface area contributed by atoms with Crippen LogP contribution >= 0.6 is 0 Å². The number of aromatic amines is 2. The molecule has 0 saturated carbocycles. The molecule has 5 heterocycles. The SMILES string of the molecule is CC(Nc1c(-c2nc3ccc(C4CCOCC4)c(F)c3[nH]2)c(=O)[nH]c2cn(C)nc12)c1ncccn1. The number of rotatable bonds is 5. The van der Waals surface area contributed by atoms with Crippen molar-refractivity contribution in [3.8, 4) is 11.4 Å². The summed E-state index contributed by atoms with van der Waals surface area (Å²) >= 11 is 0. The Morgan fingerprint density at radius 1 is 1.19 bits per heavy atom. The van der Waals surface area contributed by atoms with Crippen LogP contribution in [0.3, 0.4) is 0 Å². The summed E-state index contributed by atoms with van der Waals surface area (Å²) in [7, 11) is 1.78. The number of aryl methyl sites for hydroxylation is 1. The average molecular weight is 489 g/mol. The molecule has 36 heavy (non-hydrogen) atoms. The van der Waals surface area contributed by atoms with Crippen molar-refractivity contribution in [1.82, 2.24) is 34.7 Å². The van der Waals surface area contributed by atoms with Crippen LogP contribution in [0.1, 0.15) is 43.1 Å². The molecule has 0 radical (unpaired) electrons. The van der Waals surface area contributed by atoms with E-state index >= 15 is 4.39 Å². The number of ether oxygens (including phenoxy) is 1. The standard InChI is InChI=1S/C25H25FN8O2/c1-13(23-27-8-3-9-28-23)29-22-18(25(35)31-17-12-34(2)33-21(17)22)24-30-16-5-4-15(19(26)20(16)32-24)14-6-10-36-11-7-14/h3-5,8-9,12-14,29H,6-7,10-11H2,1-2H3,(H,30,32)(H,31,35). The van der Waals surface area contributed by atoms with Gasteiger partial charge in [-0.1, -0.05) is 6.07 Å². The third-order valence-corrected chi connectivity index (χ3v) is 6.65. The molecule has 11 heteroatoms. The Bertz CT molecular complexity index is 1620. The number of hydrogen-bond acceptors (Lipinski definition) is 7. The number of aromatic nitrogens is 7. The predicted octanol–water partition coefficient (Wildman–Crippen LogP) is 3.80. The number of imidazole rings is 1. The van der Waals surface area contributed by atoms with E-state index in [2.05, 4.69) is 35.3 Å². The van der Waals surface area contributed by atoms with Crippen LogP contribution in [0, 0.1) is 5.82 Å². The molecule has 1 aromatic carbocycles. The van der Waals surface area contributed by atoms with Gasteiger partial charge in [0.2, 0.25) is 0 Å². The van der Waals surface area contributed by atoms with Crippen LogP contribution in [0.2, 0.25) is 0 Å². The molecule has 1 unspecified atom stereocenters. The van der Waals surface area contributed by atoms with E-state index in [-0.39, 0.29) is 40.2 Å². The van der Waals surface area contributed by atoms with Gasteiger partial charge in [0.1, 0.15) is 28.2 Å². The number of benzene rings is 1. The van der Waals surface area contributed by atoms with Crippen LogP contribution in [0.25, 0.3) is 33.5 Å². The number of nitrogens with one attached hydrogen (secondary N) is 3. The first kappa shape index (κ1) is 22.4. The molecule has 0 bridgehead atoms. The summed E-state index contributed by atoms with van der Waals surface area (Å²) in [6.07, 6.45) is 6.59. The van der Waals surface area contributed by atoms with Crippen LogP contribution in [0.4, 0.5) is 10.1 Å². The molecule has 6 rings (SSSR count). The second kappa shape index (κ2) is 8.83. The lowest BCUT2D eigenvalue weighted by atomic mass is 9.91. The molecule has 10 nitrogen and oxygen atoms in total. The van der Waals surface area contributed by atoms with Gasteiger partial charge in [0, 0.05) is 38.9 Å². The molecule has 184 valence electrons. The van der Waals surface area contributed by atoms with Gasteiger partial charge in [-0.15, -0.1) is 0 Å². The number of fused-ring (bicyclic) bond motifs is 2. The number of H-pyrrole nitrogens is 2. The summed E-state index contributed by atoms with van der Waals surface area (Å²) in [5, 5.41) is 7.91. The topological polar surface area (TPSA) is 126 Å². The molecule has 1 saturated heterocycles.